The van der Waals surface area contributed by atoms with Crippen molar-refractivity contribution in [1.82, 2.24) is 0 Å². The smallest absolute Gasteiger partial charge is 0.123 e. The van der Waals surface area contributed by atoms with E-state index in [1.165, 1.54) is 44.5 Å². The summed E-state index contributed by atoms with van der Waals surface area (Å²) in [5.74, 6) is -0.0714. The predicted octanol–water partition coefficient (Wildman–Crippen LogP) is 8.63. The van der Waals surface area contributed by atoms with Crippen LogP contribution in [0.5, 0.6) is 0 Å². The van der Waals surface area contributed by atoms with Gasteiger partial charge in [0, 0.05) is 5.92 Å². The molecule has 1 aliphatic rings. The molecule has 0 heterocycles. The Hall–Kier alpha value is -3.97. The maximum Gasteiger partial charge on any atom is 0.123 e. The van der Waals surface area contributed by atoms with Gasteiger partial charge >= 0.3 is 0 Å². The summed E-state index contributed by atoms with van der Waals surface area (Å²) in [6, 6.07) is 39.5. The standard InChI is InChI=1S/C32H23F/c1-21-12-17-27-28-19-18-26(22-13-15-25(33)16-14-22)30(23-8-4-2-5-9-23)32(28)31(29(27)20-21)24-10-6-3-7-11-24/h2-20,31H,1H3. The fourth-order valence-corrected chi connectivity index (χ4v) is 5.25. The molecule has 0 fully saturated rings. The van der Waals surface area contributed by atoms with Crippen molar-refractivity contribution < 1.29 is 4.39 Å². The van der Waals surface area contributed by atoms with E-state index in [0.29, 0.717) is 0 Å². The van der Waals surface area contributed by atoms with E-state index in [2.05, 4.69) is 97.9 Å². The summed E-state index contributed by atoms with van der Waals surface area (Å²) in [5.41, 5.74) is 12.4. The minimum Gasteiger partial charge on any atom is -0.207 e. The number of fused-ring (bicyclic) bond motifs is 3. The van der Waals surface area contributed by atoms with Gasteiger partial charge in [0.15, 0.2) is 0 Å². The number of halogens is 1. The molecule has 5 aromatic rings. The molecule has 0 aliphatic heterocycles. The fourth-order valence-electron chi connectivity index (χ4n) is 5.25. The first-order valence-corrected chi connectivity index (χ1v) is 11.3. The monoisotopic (exact) mass is 426 g/mol. The van der Waals surface area contributed by atoms with Gasteiger partial charge in [0.25, 0.3) is 0 Å². The highest BCUT2D eigenvalue weighted by Gasteiger charge is 2.33. The zero-order chi connectivity index (χ0) is 22.4. The minimum atomic E-state index is -0.216. The van der Waals surface area contributed by atoms with Crippen molar-refractivity contribution in [3.8, 4) is 33.4 Å². The van der Waals surface area contributed by atoms with E-state index >= 15 is 0 Å². The zero-order valence-corrected chi connectivity index (χ0v) is 18.4. The van der Waals surface area contributed by atoms with Crippen LogP contribution in [0.1, 0.15) is 28.2 Å². The first-order chi connectivity index (χ1) is 16.2. The predicted molar refractivity (Wildman–Crippen MR) is 135 cm³/mol. The van der Waals surface area contributed by atoms with Gasteiger partial charge in [0.1, 0.15) is 5.82 Å². The van der Waals surface area contributed by atoms with Crippen molar-refractivity contribution in [2.45, 2.75) is 12.8 Å². The molecule has 0 radical (unpaired) electrons. The van der Waals surface area contributed by atoms with Crippen molar-refractivity contribution in [2.24, 2.45) is 0 Å². The summed E-state index contributed by atoms with van der Waals surface area (Å²) in [7, 11) is 0. The lowest BCUT2D eigenvalue weighted by Gasteiger charge is -2.21. The third-order valence-corrected chi connectivity index (χ3v) is 6.69. The van der Waals surface area contributed by atoms with Gasteiger partial charge in [-0.15, -0.1) is 0 Å². The molecule has 0 aromatic heterocycles. The Balaban J connectivity index is 1.72. The largest absolute Gasteiger partial charge is 0.207 e. The Morgan fingerprint density at radius 1 is 0.576 bits per heavy atom. The lowest BCUT2D eigenvalue weighted by molar-refractivity contribution is 0.628. The molecule has 0 saturated carbocycles. The maximum absolute atomic E-state index is 13.7. The third-order valence-electron chi connectivity index (χ3n) is 6.69. The molecule has 0 spiro atoms. The van der Waals surface area contributed by atoms with E-state index in [1.807, 2.05) is 12.1 Å². The molecule has 158 valence electrons. The normalized spacial score (nSPS) is 14.1. The molecular weight excluding hydrogens is 403 g/mol. The first kappa shape index (κ1) is 19.7. The van der Waals surface area contributed by atoms with Gasteiger partial charge in [-0.25, -0.2) is 4.39 Å². The summed E-state index contributed by atoms with van der Waals surface area (Å²) < 4.78 is 13.7. The zero-order valence-electron chi connectivity index (χ0n) is 18.4. The summed E-state index contributed by atoms with van der Waals surface area (Å²) in [6.45, 7) is 2.16. The van der Waals surface area contributed by atoms with Crippen molar-refractivity contribution in [3.05, 3.63) is 143 Å². The van der Waals surface area contributed by atoms with Crippen LogP contribution in [0.2, 0.25) is 0 Å². The van der Waals surface area contributed by atoms with E-state index in [1.54, 1.807) is 12.1 Å². The van der Waals surface area contributed by atoms with Crippen LogP contribution in [-0.4, -0.2) is 0 Å². The second kappa shape index (κ2) is 7.86. The molecule has 1 unspecified atom stereocenters. The number of hydrogen-bond donors (Lipinski definition) is 0. The molecule has 33 heavy (non-hydrogen) atoms. The molecule has 1 atom stereocenters. The third kappa shape index (κ3) is 3.29. The Labute approximate surface area is 194 Å². The van der Waals surface area contributed by atoms with Crippen LogP contribution in [0.25, 0.3) is 33.4 Å². The van der Waals surface area contributed by atoms with Gasteiger partial charge in [0.05, 0.1) is 0 Å². The van der Waals surface area contributed by atoms with Crippen LogP contribution in [0.4, 0.5) is 4.39 Å². The summed E-state index contributed by atoms with van der Waals surface area (Å²) in [5, 5.41) is 0. The highest BCUT2D eigenvalue weighted by molar-refractivity contribution is 5.95. The van der Waals surface area contributed by atoms with E-state index in [0.717, 1.165) is 11.1 Å². The number of hydrogen-bond acceptors (Lipinski definition) is 0. The number of rotatable bonds is 3. The maximum atomic E-state index is 13.7. The molecule has 1 aliphatic carbocycles. The van der Waals surface area contributed by atoms with Crippen LogP contribution in [-0.2, 0) is 0 Å². The van der Waals surface area contributed by atoms with Gasteiger partial charge in [0.2, 0.25) is 0 Å². The van der Waals surface area contributed by atoms with Gasteiger partial charge < -0.3 is 0 Å². The van der Waals surface area contributed by atoms with Crippen LogP contribution in [0.15, 0.2) is 115 Å². The second-order valence-electron chi connectivity index (χ2n) is 8.76. The van der Waals surface area contributed by atoms with Crippen molar-refractivity contribution in [3.63, 3.8) is 0 Å². The Kier molecular flexibility index (Phi) is 4.69. The fraction of sp³-hybridized carbons (Fsp3) is 0.0625. The van der Waals surface area contributed by atoms with Crippen LogP contribution in [0, 0.1) is 12.7 Å². The van der Waals surface area contributed by atoms with Crippen LogP contribution in [0.3, 0.4) is 0 Å². The number of benzene rings is 5. The molecule has 1 heteroatoms. The van der Waals surface area contributed by atoms with E-state index in [-0.39, 0.29) is 11.7 Å². The highest BCUT2D eigenvalue weighted by Crippen LogP contribution is 2.54. The first-order valence-electron chi connectivity index (χ1n) is 11.3. The average Bonchev–Trinajstić information content (AvgIpc) is 3.18. The van der Waals surface area contributed by atoms with Gasteiger partial charge in [-0.05, 0) is 69.1 Å². The molecule has 0 saturated heterocycles. The summed E-state index contributed by atoms with van der Waals surface area (Å²) in [6.07, 6.45) is 0. The molecule has 0 N–H and O–H groups in total. The van der Waals surface area contributed by atoms with Crippen molar-refractivity contribution >= 4 is 0 Å². The molecular formula is C32H23F. The van der Waals surface area contributed by atoms with Crippen molar-refractivity contribution in [1.29, 1.82) is 0 Å². The lowest BCUT2D eigenvalue weighted by atomic mass is 9.81. The molecule has 0 bridgehead atoms. The highest BCUT2D eigenvalue weighted by atomic mass is 19.1. The Morgan fingerprint density at radius 2 is 1.21 bits per heavy atom. The van der Waals surface area contributed by atoms with Crippen LogP contribution < -0.4 is 0 Å². The lowest BCUT2D eigenvalue weighted by Crippen LogP contribution is -2.02. The molecule has 5 aromatic carbocycles. The van der Waals surface area contributed by atoms with Gasteiger partial charge in [-0.3, -0.25) is 0 Å². The quantitative estimate of drug-likeness (QED) is 0.266. The summed E-state index contributed by atoms with van der Waals surface area (Å²) >= 11 is 0. The minimum absolute atomic E-state index is 0.145. The molecule has 6 rings (SSSR count). The van der Waals surface area contributed by atoms with E-state index in [9.17, 15) is 4.39 Å². The van der Waals surface area contributed by atoms with E-state index in [4.69, 9.17) is 0 Å². The Bertz CT molecular complexity index is 1450. The topological polar surface area (TPSA) is 0 Å². The number of aryl methyl sites for hydroxylation is 1. The SMILES string of the molecule is Cc1ccc2c(c1)C(c1ccccc1)c1c-2ccc(-c2ccc(F)cc2)c1-c1ccccc1. The van der Waals surface area contributed by atoms with E-state index < -0.39 is 0 Å². The molecule has 0 amide bonds. The van der Waals surface area contributed by atoms with Crippen LogP contribution >= 0.6 is 0 Å². The molecule has 0 nitrogen and oxygen atoms in total. The van der Waals surface area contributed by atoms with Gasteiger partial charge in [-0.1, -0.05) is 109 Å². The van der Waals surface area contributed by atoms with Gasteiger partial charge in [-0.2, -0.15) is 0 Å². The Morgan fingerprint density at radius 3 is 1.94 bits per heavy atom. The second-order valence-corrected chi connectivity index (χ2v) is 8.76. The van der Waals surface area contributed by atoms with Crippen molar-refractivity contribution in [2.75, 3.05) is 0 Å². The summed E-state index contributed by atoms with van der Waals surface area (Å²) in [4.78, 5) is 0. The average molecular weight is 427 g/mol.